The summed E-state index contributed by atoms with van der Waals surface area (Å²) >= 11 is 0. The van der Waals surface area contributed by atoms with Gasteiger partial charge in [-0.05, 0) is 68.0 Å². The largest absolute Gasteiger partial charge is 0.507 e. The zero-order valence-corrected chi connectivity index (χ0v) is 17.2. The first-order valence-corrected chi connectivity index (χ1v) is 11.7. The van der Waals surface area contributed by atoms with Crippen LogP contribution in [0, 0.1) is 0 Å². The maximum atomic E-state index is 12.2. The second-order valence-corrected chi connectivity index (χ2v) is 10.3. The fraction of sp³-hybridized carbons (Fsp3) is 0.333. The van der Waals surface area contributed by atoms with Crippen LogP contribution in [0.4, 0.5) is 0 Å². The molecule has 1 aliphatic rings. The average Bonchev–Trinajstić information content (AvgIpc) is 2.89. The smallest absolute Gasteiger partial charge is 0.243 e. The van der Waals surface area contributed by atoms with E-state index in [1.807, 2.05) is 0 Å². The van der Waals surface area contributed by atoms with Gasteiger partial charge in [-0.1, -0.05) is 12.1 Å². The van der Waals surface area contributed by atoms with Gasteiger partial charge in [-0.2, -0.15) is 0 Å². The van der Waals surface area contributed by atoms with Gasteiger partial charge < -0.3 is 10.4 Å². The lowest BCUT2D eigenvalue weighted by molar-refractivity contribution is 0.456. The molecule has 2 aromatic rings. The van der Waals surface area contributed by atoms with Crippen LogP contribution in [0.25, 0.3) is 0 Å². The van der Waals surface area contributed by atoms with E-state index in [1.165, 1.54) is 38.4 Å². The molecule has 8 nitrogen and oxygen atoms in total. The van der Waals surface area contributed by atoms with Crippen molar-refractivity contribution in [3.8, 4) is 5.75 Å². The van der Waals surface area contributed by atoms with Crippen LogP contribution >= 0.6 is 0 Å². The third kappa shape index (κ3) is 3.91. The second-order valence-electron chi connectivity index (χ2n) is 6.51. The highest BCUT2D eigenvalue weighted by Crippen LogP contribution is 2.35. The van der Waals surface area contributed by atoms with Gasteiger partial charge in [0.1, 0.15) is 10.6 Å². The summed E-state index contributed by atoms with van der Waals surface area (Å²) in [6, 6.07) is 9.55. The fourth-order valence-electron chi connectivity index (χ4n) is 3.37. The number of rotatable bonds is 5. The molecule has 0 saturated heterocycles. The van der Waals surface area contributed by atoms with Gasteiger partial charge in [0.05, 0.1) is 4.90 Å². The van der Waals surface area contributed by atoms with Gasteiger partial charge in [0, 0.05) is 12.5 Å². The molecular formula is C18H23N3O5S2. The monoisotopic (exact) mass is 425 g/mol. The number of hydrogen-bond acceptors (Lipinski definition) is 6. The Balaban J connectivity index is 2.07. The molecule has 0 saturated carbocycles. The van der Waals surface area contributed by atoms with Crippen molar-refractivity contribution >= 4 is 20.0 Å². The zero-order chi connectivity index (χ0) is 20.5. The number of nitrogens with one attached hydrogen (secondary N) is 3. The summed E-state index contributed by atoms with van der Waals surface area (Å²) in [6.45, 7) is 1.25. The Kier molecular flexibility index (Phi) is 5.78. The van der Waals surface area contributed by atoms with Gasteiger partial charge in [0.25, 0.3) is 0 Å². The van der Waals surface area contributed by atoms with Crippen LogP contribution in [-0.2, 0) is 26.5 Å². The maximum absolute atomic E-state index is 12.2. The summed E-state index contributed by atoms with van der Waals surface area (Å²) in [4.78, 5) is 0.0173. The molecule has 0 bridgehead atoms. The van der Waals surface area contributed by atoms with Crippen LogP contribution in [0.15, 0.2) is 46.2 Å². The maximum Gasteiger partial charge on any atom is 0.243 e. The molecule has 0 amide bonds. The van der Waals surface area contributed by atoms with Gasteiger partial charge >= 0.3 is 0 Å². The molecule has 0 radical (unpaired) electrons. The molecule has 2 aromatic carbocycles. The third-order valence-corrected chi connectivity index (χ3v) is 7.81. The number of benzene rings is 2. The van der Waals surface area contributed by atoms with Crippen molar-refractivity contribution < 1.29 is 21.9 Å². The summed E-state index contributed by atoms with van der Waals surface area (Å²) in [6.07, 6.45) is 0.616. The number of fused-ring (bicyclic) bond motifs is 1. The molecule has 152 valence electrons. The molecule has 10 heteroatoms. The van der Waals surface area contributed by atoms with Crippen LogP contribution < -0.4 is 14.8 Å². The standard InChI is InChI=1S/C18H23N3O5S2/c1-19-27(23,24)14-5-3-12(4-6-14)16-11-21-8-7-13-9-18(28(25,26)20-2)17(22)10-15(13)16/h3-6,9-10,16,19-22H,7-8,11H2,1-2H3. The van der Waals surface area contributed by atoms with E-state index >= 15 is 0 Å². The Labute approximate surface area is 165 Å². The van der Waals surface area contributed by atoms with E-state index in [4.69, 9.17) is 0 Å². The van der Waals surface area contributed by atoms with Crippen LogP contribution in [0.5, 0.6) is 5.75 Å². The lowest BCUT2D eigenvalue weighted by atomic mass is 9.88. The molecule has 0 spiro atoms. The lowest BCUT2D eigenvalue weighted by Crippen LogP contribution is -2.21. The van der Waals surface area contributed by atoms with Gasteiger partial charge in [-0.15, -0.1) is 0 Å². The Hall–Kier alpha value is -1.98. The molecule has 1 atom stereocenters. The zero-order valence-electron chi connectivity index (χ0n) is 15.6. The number of aromatic hydroxyl groups is 1. The van der Waals surface area contributed by atoms with Crippen molar-refractivity contribution in [1.29, 1.82) is 0 Å². The fourth-order valence-corrected chi connectivity index (χ4v) is 4.95. The molecule has 1 heterocycles. The second kappa shape index (κ2) is 7.80. The predicted octanol–water partition coefficient (Wildman–Crippen LogP) is 0.486. The summed E-state index contributed by atoms with van der Waals surface area (Å²) in [5.74, 6) is -0.463. The van der Waals surface area contributed by atoms with E-state index in [0.29, 0.717) is 19.5 Å². The molecule has 1 aliphatic heterocycles. The molecule has 4 N–H and O–H groups in total. The first-order valence-electron chi connectivity index (χ1n) is 8.73. The molecule has 1 unspecified atom stereocenters. The number of sulfonamides is 2. The highest BCUT2D eigenvalue weighted by Gasteiger charge is 2.26. The van der Waals surface area contributed by atoms with E-state index in [2.05, 4.69) is 14.8 Å². The van der Waals surface area contributed by atoms with E-state index in [9.17, 15) is 21.9 Å². The lowest BCUT2D eigenvalue weighted by Gasteiger charge is -2.20. The van der Waals surface area contributed by atoms with Gasteiger partial charge in [-0.25, -0.2) is 26.3 Å². The third-order valence-electron chi connectivity index (χ3n) is 4.94. The minimum atomic E-state index is -3.78. The minimum absolute atomic E-state index is 0.148. The Morgan fingerprint density at radius 1 is 1.00 bits per heavy atom. The van der Waals surface area contributed by atoms with Crippen LogP contribution in [0.1, 0.15) is 22.6 Å². The Morgan fingerprint density at radius 3 is 2.25 bits per heavy atom. The van der Waals surface area contributed by atoms with Gasteiger partial charge in [0.15, 0.2) is 0 Å². The van der Waals surface area contributed by atoms with Crippen molar-refractivity contribution in [2.24, 2.45) is 0 Å². The first-order chi connectivity index (χ1) is 13.2. The highest BCUT2D eigenvalue weighted by atomic mass is 32.2. The number of hydrogen-bond donors (Lipinski definition) is 4. The van der Waals surface area contributed by atoms with Crippen molar-refractivity contribution in [2.45, 2.75) is 22.1 Å². The number of phenols is 1. The van der Waals surface area contributed by atoms with Crippen LogP contribution in [0.3, 0.4) is 0 Å². The van der Waals surface area contributed by atoms with E-state index in [-0.39, 0.29) is 21.5 Å². The Bertz CT molecular complexity index is 1080. The van der Waals surface area contributed by atoms with Gasteiger partial charge in [-0.3, -0.25) is 0 Å². The van der Waals surface area contributed by atoms with Gasteiger partial charge in [0.2, 0.25) is 20.0 Å². The molecule has 0 fully saturated rings. The predicted molar refractivity (Wildman–Crippen MR) is 105 cm³/mol. The summed E-state index contributed by atoms with van der Waals surface area (Å²) in [7, 11) is -4.65. The van der Waals surface area contributed by atoms with Crippen molar-refractivity contribution in [2.75, 3.05) is 27.2 Å². The normalized spacial score (nSPS) is 17.7. The van der Waals surface area contributed by atoms with Crippen molar-refractivity contribution in [1.82, 2.24) is 14.8 Å². The Morgan fingerprint density at radius 2 is 1.64 bits per heavy atom. The molecular weight excluding hydrogens is 402 g/mol. The highest BCUT2D eigenvalue weighted by molar-refractivity contribution is 7.89. The molecule has 0 aromatic heterocycles. The van der Waals surface area contributed by atoms with E-state index in [1.54, 1.807) is 12.1 Å². The topological polar surface area (TPSA) is 125 Å². The SMILES string of the molecule is CNS(=O)(=O)c1ccc(C2CNCCc3cc(S(=O)(=O)NC)c(O)cc32)cc1. The molecule has 3 rings (SSSR count). The van der Waals surface area contributed by atoms with Crippen molar-refractivity contribution in [3.63, 3.8) is 0 Å². The first kappa shape index (κ1) is 20.7. The average molecular weight is 426 g/mol. The summed E-state index contributed by atoms with van der Waals surface area (Å²) < 4.78 is 52.7. The summed E-state index contributed by atoms with van der Waals surface area (Å²) in [5.41, 5.74) is 2.52. The number of phenolic OH excluding ortho intramolecular Hbond substituents is 1. The quantitative estimate of drug-likeness (QED) is 0.553. The minimum Gasteiger partial charge on any atom is -0.507 e. The van der Waals surface area contributed by atoms with Crippen molar-refractivity contribution in [3.05, 3.63) is 53.1 Å². The summed E-state index contributed by atoms with van der Waals surface area (Å²) in [5, 5.41) is 13.7. The molecule has 28 heavy (non-hydrogen) atoms. The van der Waals surface area contributed by atoms with E-state index in [0.717, 1.165) is 16.7 Å². The van der Waals surface area contributed by atoms with E-state index < -0.39 is 20.0 Å². The molecule has 0 aliphatic carbocycles. The van der Waals surface area contributed by atoms with Crippen LogP contribution in [0.2, 0.25) is 0 Å². The van der Waals surface area contributed by atoms with Crippen LogP contribution in [-0.4, -0.2) is 49.1 Å².